The van der Waals surface area contributed by atoms with Crippen LogP contribution >= 0.6 is 0 Å². The van der Waals surface area contributed by atoms with E-state index in [1.54, 1.807) is 0 Å². The summed E-state index contributed by atoms with van der Waals surface area (Å²) in [4.78, 5) is 26.2. The second-order valence-corrected chi connectivity index (χ2v) is 19.3. The van der Waals surface area contributed by atoms with Crippen molar-refractivity contribution in [3.05, 3.63) is 12.2 Å². The maximum absolute atomic E-state index is 13.2. The molecular weight excluding hydrogens is 767 g/mol. The molecule has 0 spiro atoms. The minimum Gasteiger partial charge on any atom is -0.462 e. The first-order chi connectivity index (χ1) is 30.5. The summed E-state index contributed by atoms with van der Waals surface area (Å²) >= 11 is 0. The Balaban J connectivity index is 4.50. The van der Waals surface area contributed by atoms with Gasteiger partial charge in [-0.25, -0.2) is 0 Å². The van der Waals surface area contributed by atoms with Crippen LogP contribution in [-0.2, 0) is 14.3 Å². The van der Waals surface area contributed by atoms with Crippen LogP contribution in [-0.4, -0.2) is 46.9 Å². The summed E-state index contributed by atoms with van der Waals surface area (Å²) in [5, 5.41) is 23.8. The van der Waals surface area contributed by atoms with Crippen LogP contribution in [0, 0.1) is 0 Å². The molecule has 0 aliphatic carbocycles. The van der Waals surface area contributed by atoms with Crippen molar-refractivity contribution in [3.63, 3.8) is 0 Å². The fraction of sp³-hybridized carbons (Fsp3) is 0.929. The molecule has 0 aliphatic rings. The summed E-state index contributed by atoms with van der Waals surface area (Å²) in [6.45, 7) is 6.50. The Hall–Kier alpha value is -1.40. The highest BCUT2D eigenvalue weighted by Gasteiger charge is 2.24. The number of esters is 1. The Morgan fingerprint density at radius 3 is 1.16 bits per heavy atom. The number of rotatable bonds is 51. The molecule has 1 amide bonds. The first kappa shape index (κ1) is 60.6. The first-order valence-corrected chi connectivity index (χ1v) is 27.9. The lowest BCUT2D eigenvalue weighted by Gasteiger charge is -2.24. The van der Waals surface area contributed by atoms with Crippen LogP contribution in [0.5, 0.6) is 0 Å². The number of carbonyl (C=O) groups is 2. The van der Waals surface area contributed by atoms with Gasteiger partial charge in [-0.15, -0.1) is 0 Å². The van der Waals surface area contributed by atoms with Crippen LogP contribution in [0.2, 0.25) is 0 Å². The molecule has 3 unspecified atom stereocenters. The number of unbranched alkanes of at least 4 members (excludes halogenated alkanes) is 37. The number of amides is 1. The third-order valence-electron chi connectivity index (χ3n) is 13.1. The van der Waals surface area contributed by atoms with Gasteiger partial charge in [-0.2, -0.15) is 0 Å². The van der Waals surface area contributed by atoms with Crippen LogP contribution in [0.1, 0.15) is 310 Å². The average molecular weight is 876 g/mol. The van der Waals surface area contributed by atoms with E-state index in [2.05, 4.69) is 38.2 Å². The number of nitrogens with one attached hydrogen (secondary N) is 1. The van der Waals surface area contributed by atoms with Crippen molar-refractivity contribution in [1.82, 2.24) is 5.32 Å². The van der Waals surface area contributed by atoms with Gasteiger partial charge < -0.3 is 20.3 Å². The van der Waals surface area contributed by atoms with Crippen LogP contribution in [0.3, 0.4) is 0 Å². The number of aliphatic hydroxyl groups excluding tert-OH is 2. The van der Waals surface area contributed by atoms with E-state index in [1.165, 1.54) is 205 Å². The van der Waals surface area contributed by atoms with Crippen LogP contribution in [0.25, 0.3) is 0 Å². The van der Waals surface area contributed by atoms with Crippen molar-refractivity contribution < 1.29 is 24.5 Å². The van der Waals surface area contributed by atoms with E-state index in [0.29, 0.717) is 19.3 Å². The molecular formula is C56H109NO5. The van der Waals surface area contributed by atoms with Crippen molar-refractivity contribution in [2.75, 3.05) is 6.61 Å². The first-order valence-electron chi connectivity index (χ1n) is 27.9. The fourth-order valence-corrected chi connectivity index (χ4v) is 8.84. The maximum Gasteiger partial charge on any atom is 0.306 e. The molecule has 0 saturated carbocycles. The lowest BCUT2D eigenvalue weighted by molar-refractivity contribution is -0.151. The molecule has 0 aromatic heterocycles. The minimum absolute atomic E-state index is 0.0792. The zero-order valence-electron chi connectivity index (χ0n) is 42.0. The highest BCUT2D eigenvalue weighted by atomic mass is 16.5. The van der Waals surface area contributed by atoms with Gasteiger partial charge in [0, 0.05) is 6.42 Å². The van der Waals surface area contributed by atoms with Crippen molar-refractivity contribution in [2.45, 2.75) is 328 Å². The van der Waals surface area contributed by atoms with Crippen LogP contribution < -0.4 is 5.32 Å². The van der Waals surface area contributed by atoms with Gasteiger partial charge in [0.2, 0.25) is 5.91 Å². The number of allylic oxidation sites excluding steroid dienone is 2. The monoisotopic (exact) mass is 876 g/mol. The normalized spacial score (nSPS) is 13.2. The van der Waals surface area contributed by atoms with E-state index >= 15 is 0 Å². The quantitative estimate of drug-likeness (QED) is 0.0321. The Bertz CT molecular complexity index is 939. The van der Waals surface area contributed by atoms with Crippen molar-refractivity contribution >= 4 is 11.9 Å². The smallest absolute Gasteiger partial charge is 0.306 e. The van der Waals surface area contributed by atoms with Crippen LogP contribution in [0.4, 0.5) is 0 Å². The van der Waals surface area contributed by atoms with Gasteiger partial charge in [-0.05, 0) is 51.4 Å². The molecule has 0 bridgehead atoms. The molecule has 0 aromatic rings. The Kier molecular flexibility index (Phi) is 49.5. The highest BCUT2D eigenvalue weighted by molar-refractivity contribution is 5.77. The van der Waals surface area contributed by atoms with Gasteiger partial charge in [-0.1, -0.05) is 258 Å². The summed E-state index contributed by atoms with van der Waals surface area (Å²) in [7, 11) is 0. The van der Waals surface area contributed by atoms with Gasteiger partial charge in [0.25, 0.3) is 0 Å². The second-order valence-electron chi connectivity index (χ2n) is 19.3. The van der Waals surface area contributed by atoms with E-state index in [0.717, 1.165) is 57.8 Å². The maximum atomic E-state index is 13.2. The molecule has 368 valence electrons. The minimum atomic E-state index is -0.784. The Labute approximate surface area is 387 Å². The highest BCUT2D eigenvalue weighted by Crippen LogP contribution is 2.19. The van der Waals surface area contributed by atoms with Crippen molar-refractivity contribution in [2.24, 2.45) is 0 Å². The molecule has 0 fully saturated rings. The van der Waals surface area contributed by atoms with E-state index < -0.39 is 18.2 Å². The van der Waals surface area contributed by atoms with E-state index in [9.17, 15) is 19.8 Å². The number of carbonyl (C=O) groups excluding carboxylic acids is 2. The molecule has 6 nitrogen and oxygen atoms in total. The number of ether oxygens (including phenoxy) is 1. The SMILES string of the molecule is CCCCCC/C=C\CCCCCCCC(CC(=O)NC(CO)C(O)CCCCCCCCCCCCCCCC)OC(=O)CCCCCCCCCCCCCCCCCC. The summed E-state index contributed by atoms with van der Waals surface area (Å²) in [6.07, 6.45) is 57.0. The summed E-state index contributed by atoms with van der Waals surface area (Å²) in [5.74, 6) is -0.461. The zero-order valence-corrected chi connectivity index (χ0v) is 42.0. The largest absolute Gasteiger partial charge is 0.462 e. The summed E-state index contributed by atoms with van der Waals surface area (Å²) < 4.78 is 5.95. The van der Waals surface area contributed by atoms with Gasteiger partial charge in [-0.3, -0.25) is 9.59 Å². The fourth-order valence-electron chi connectivity index (χ4n) is 8.84. The Morgan fingerprint density at radius 1 is 0.452 bits per heavy atom. The van der Waals surface area contributed by atoms with E-state index in [-0.39, 0.29) is 24.9 Å². The molecule has 0 heterocycles. The molecule has 0 saturated heterocycles. The second kappa shape index (κ2) is 50.6. The van der Waals surface area contributed by atoms with E-state index in [1.807, 2.05) is 0 Å². The van der Waals surface area contributed by atoms with Crippen molar-refractivity contribution in [1.29, 1.82) is 0 Å². The summed E-state index contributed by atoms with van der Waals surface area (Å²) in [6, 6.07) is -0.698. The zero-order chi connectivity index (χ0) is 45.2. The van der Waals surface area contributed by atoms with Crippen LogP contribution in [0.15, 0.2) is 12.2 Å². The van der Waals surface area contributed by atoms with Crippen molar-refractivity contribution in [3.8, 4) is 0 Å². The predicted octanol–water partition coefficient (Wildman–Crippen LogP) is 16.9. The van der Waals surface area contributed by atoms with Gasteiger partial charge in [0.05, 0.1) is 25.2 Å². The Morgan fingerprint density at radius 2 is 0.774 bits per heavy atom. The third kappa shape index (κ3) is 45.2. The van der Waals surface area contributed by atoms with Gasteiger partial charge >= 0.3 is 5.97 Å². The van der Waals surface area contributed by atoms with Gasteiger partial charge in [0.15, 0.2) is 0 Å². The predicted molar refractivity (Wildman–Crippen MR) is 269 cm³/mol. The molecule has 62 heavy (non-hydrogen) atoms. The molecule has 0 rings (SSSR count). The number of aliphatic hydroxyl groups is 2. The molecule has 6 heteroatoms. The lowest BCUT2D eigenvalue weighted by Crippen LogP contribution is -2.46. The lowest BCUT2D eigenvalue weighted by atomic mass is 10.0. The van der Waals surface area contributed by atoms with E-state index in [4.69, 9.17) is 4.74 Å². The standard InChI is InChI=1S/C56H109NO5/c1-4-7-10-13-16-19-22-25-27-28-31-34-37-40-43-46-49-56(61)62-52(47-44-41-38-35-32-29-24-21-18-15-12-9-6-3)50-55(60)57-53(51-58)54(59)48-45-42-39-36-33-30-26-23-20-17-14-11-8-5-2/h21,24,52-54,58-59H,4-20,22-23,25-51H2,1-3H3,(H,57,60)/b24-21-. The average Bonchev–Trinajstić information content (AvgIpc) is 3.26. The van der Waals surface area contributed by atoms with Gasteiger partial charge in [0.1, 0.15) is 6.10 Å². The molecule has 0 aliphatic heterocycles. The molecule has 3 N–H and O–H groups in total. The number of hydrogen-bond acceptors (Lipinski definition) is 5. The summed E-state index contributed by atoms with van der Waals surface area (Å²) in [5.41, 5.74) is 0. The molecule has 3 atom stereocenters. The number of hydrogen-bond donors (Lipinski definition) is 3. The molecule has 0 aromatic carbocycles. The molecule has 0 radical (unpaired) electrons. The topological polar surface area (TPSA) is 95.9 Å². The third-order valence-corrected chi connectivity index (χ3v) is 13.1.